The Morgan fingerprint density at radius 3 is 1.21 bits per heavy atom. The predicted octanol–water partition coefficient (Wildman–Crippen LogP) is 15.4. The van der Waals surface area contributed by atoms with Gasteiger partial charge in [-0.25, -0.2) is 0 Å². The Morgan fingerprint density at radius 2 is 0.684 bits per heavy atom. The fourth-order valence-corrected chi connectivity index (χ4v) is 9.93. The first-order chi connectivity index (χ1) is 27.8. The highest BCUT2D eigenvalue weighted by Crippen LogP contribution is 2.54. The fourth-order valence-electron chi connectivity index (χ4n) is 9.93. The Balaban J connectivity index is 1.08. The zero-order chi connectivity index (χ0) is 38.5. The summed E-state index contributed by atoms with van der Waals surface area (Å²) in [5, 5.41) is 5.04. The number of nitrogens with zero attached hydrogens (tertiary/aromatic N) is 1. The first kappa shape index (κ1) is 33.6. The third-order valence-corrected chi connectivity index (χ3v) is 13.0. The van der Waals surface area contributed by atoms with Crippen LogP contribution in [0.2, 0.25) is 0 Å². The SMILES string of the molecule is CC1(C)c2cc(-c3ccccc3)ccc2-c2ccc(N(c3ccc4c(c3)C(C)(C)c3cc(-c5ccccc5)ccc3-4)c3ccc4ccc5ccccc5c4c3)cc21. The highest BCUT2D eigenvalue weighted by atomic mass is 15.1. The van der Waals surface area contributed by atoms with Crippen LogP contribution < -0.4 is 4.90 Å². The van der Waals surface area contributed by atoms with Crippen molar-refractivity contribution in [2.45, 2.75) is 38.5 Å². The molecule has 0 saturated heterocycles. The summed E-state index contributed by atoms with van der Waals surface area (Å²) in [6.07, 6.45) is 0. The van der Waals surface area contributed by atoms with Crippen LogP contribution >= 0.6 is 0 Å². The van der Waals surface area contributed by atoms with Crippen molar-refractivity contribution in [1.82, 2.24) is 0 Å². The highest BCUT2D eigenvalue weighted by Gasteiger charge is 2.38. The van der Waals surface area contributed by atoms with Gasteiger partial charge in [-0.3, -0.25) is 0 Å². The molecule has 0 saturated carbocycles. The van der Waals surface area contributed by atoms with E-state index in [1.54, 1.807) is 0 Å². The van der Waals surface area contributed by atoms with E-state index in [-0.39, 0.29) is 10.8 Å². The number of hydrogen-bond donors (Lipinski definition) is 0. The van der Waals surface area contributed by atoms with Gasteiger partial charge in [0.2, 0.25) is 0 Å². The molecule has 0 amide bonds. The Bertz CT molecular complexity index is 2910. The van der Waals surface area contributed by atoms with Gasteiger partial charge in [-0.15, -0.1) is 0 Å². The molecular formula is C56H43N. The lowest BCUT2D eigenvalue weighted by Gasteiger charge is -2.30. The van der Waals surface area contributed by atoms with Gasteiger partial charge in [0.15, 0.2) is 0 Å². The van der Waals surface area contributed by atoms with Gasteiger partial charge in [-0.2, -0.15) is 0 Å². The molecular weight excluding hydrogens is 687 g/mol. The largest absolute Gasteiger partial charge is 0.310 e. The van der Waals surface area contributed by atoms with Crippen molar-refractivity contribution >= 4 is 38.6 Å². The molecule has 1 heteroatoms. The van der Waals surface area contributed by atoms with E-state index in [1.165, 1.54) is 88.3 Å². The highest BCUT2D eigenvalue weighted by molar-refractivity contribution is 6.09. The molecule has 272 valence electrons. The molecule has 11 rings (SSSR count). The fraction of sp³-hybridized carbons (Fsp3) is 0.107. The molecule has 57 heavy (non-hydrogen) atoms. The van der Waals surface area contributed by atoms with Crippen molar-refractivity contribution < 1.29 is 0 Å². The number of benzene rings is 9. The smallest absolute Gasteiger partial charge is 0.0468 e. The van der Waals surface area contributed by atoms with Gasteiger partial charge >= 0.3 is 0 Å². The van der Waals surface area contributed by atoms with Gasteiger partial charge in [-0.05, 0) is 137 Å². The summed E-state index contributed by atoms with van der Waals surface area (Å²) in [4.78, 5) is 2.49. The molecule has 2 aliphatic rings. The molecule has 1 nitrogen and oxygen atoms in total. The predicted molar refractivity (Wildman–Crippen MR) is 242 cm³/mol. The van der Waals surface area contributed by atoms with Crippen molar-refractivity contribution in [3.8, 4) is 44.5 Å². The Hall–Kier alpha value is -6.70. The van der Waals surface area contributed by atoms with E-state index in [4.69, 9.17) is 0 Å². The second-order valence-corrected chi connectivity index (χ2v) is 17.0. The first-order valence-electron chi connectivity index (χ1n) is 20.2. The van der Waals surface area contributed by atoms with E-state index in [0.29, 0.717) is 0 Å². The zero-order valence-electron chi connectivity index (χ0n) is 32.8. The van der Waals surface area contributed by atoms with Crippen LogP contribution in [0.25, 0.3) is 66.1 Å². The summed E-state index contributed by atoms with van der Waals surface area (Å²) < 4.78 is 0. The topological polar surface area (TPSA) is 3.24 Å². The molecule has 0 bridgehead atoms. The minimum Gasteiger partial charge on any atom is -0.310 e. The van der Waals surface area contributed by atoms with E-state index in [1.807, 2.05) is 0 Å². The van der Waals surface area contributed by atoms with E-state index >= 15 is 0 Å². The number of hydrogen-bond acceptors (Lipinski definition) is 1. The van der Waals surface area contributed by atoms with Crippen molar-refractivity contribution in [3.05, 3.63) is 210 Å². The van der Waals surface area contributed by atoms with Gasteiger partial charge in [0.05, 0.1) is 0 Å². The van der Waals surface area contributed by atoms with Gasteiger partial charge in [0.25, 0.3) is 0 Å². The summed E-state index contributed by atoms with van der Waals surface area (Å²) in [6, 6.07) is 70.1. The minimum atomic E-state index is -0.172. The number of rotatable bonds is 5. The Labute approximate surface area is 335 Å². The van der Waals surface area contributed by atoms with Crippen molar-refractivity contribution in [2.24, 2.45) is 0 Å². The van der Waals surface area contributed by atoms with Crippen LogP contribution in [0.3, 0.4) is 0 Å². The van der Waals surface area contributed by atoms with Crippen molar-refractivity contribution in [2.75, 3.05) is 4.90 Å². The average Bonchev–Trinajstić information content (AvgIpc) is 3.62. The quantitative estimate of drug-likeness (QED) is 0.159. The molecule has 0 aromatic heterocycles. The van der Waals surface area contributed by atoms with Gasteiger partial charge in [0.1, 0.15) is 0 Å². The van der Waals surface area contributed by atoms with E-state index in [9.17, 15) is 0 Å². The summed E-state index contributed by atoms with van der Waals surface area (Å²) in [5.41, 5.74) is 18.9. The molecule has 9 aromatic carbocycles. The maximum Gasteiger partial charge on any atom is 0.0468 e. The standard InChI is InChI=1S/C56H43N/c1-55(2)51-31-40(36-13-7-5-8-14-36)22-27-46(51)48-29-25-43(34-53(48)55)57(42-24-21-39-20-19-38-17-11-12-18-45(38)50(39)33-42)44-26-30-49-47-28-23-41(37-15-9-6-10-16-37)32-52(47)56(3,4)54(49)35-44/h5-35H,1-4H3. The minimum absolute atomic E-state index is 0.172. The normalized spacial score (nSPS) is 14.2. The van der Waals surface area contributed by atoms with Crippen LogP contribution in [-0.4, -0.2) is 0 Å². The van der Waals surface area contributed by atoms with Gasteiger partial charge in [0, 0.05) is 27.9 Å². The molecule has 0 atom stereocenters. The molecule has 0 heterocycles. The Morgan fingerprint density at radius 1 is 0.298 bits per heavy atom. The molecule has 0 aliphatic heterocycles. The third kappa shape index (κ3) is 5.15. The van der Waals surface area contributed by atoms with Crippen LogP contribution in [0.1, 0.15) is 49.9 Å². The number of fused-ring (bicyclic) bond motifs is 9. The molecule has 2 aliphatic carbocycles. The summed E-state index contributed by atoms with van der Waals surface area (Å²) in [5.74, 6) is 0. The van der Waals surface area contributed by atoms with Gasteiger partial charge < -0.3 is 4.90 Å². The lowest BCUT2D eigenvalue weighted by Crippen LogP contribution is -2.18. The first-order valence-corrected chi connectivity index (χ1v) is 20.2. The second-order valence-electron chi connectivity index (χ2n) is 17.0. The number of anilines is 3. The molecule has 9 aromatic rings. The molecule has 0 N–H and O–H groups in total. The third-order valence-electron chi connectivity index (χ3n) is 13.0. The second kappa shape index (κ2) is 12.4. The van der Waals surface area contributed by atoms with Crippen LogP contribution in [-0.2, 0) is 10.8 Å². The molecule has 0 spiro atoms. The Kier molecular flexibility index (Phi) is 7.32. The maximum absolute atomic E-state index is 2.49. The van der Waals surface area contributed by atoms with Crippen LogP contribution in [0.15, 0.2) is 188 Å². The van der Waals surface area contributed by atoms with E-state index in [2.05, 4.69) is 221 Å². The van der Waals surface area contributed by atoms with Crippen molar-refractivity contribution in [1.29, 1.82) is 0 Å². The lowest BCUT2D eigenvalue weighted by molar-refractivity contribution is 0.660. The van der Waals surface area contributed by atoms with E-state index in [0.717, 1.165) is 17.1 Å². The van der Waals surface area contributed by atoms with E-state index < -0.39 is 0 Å². The van der Waals surface area contributed by atoms with Gasteiger partial charge in [-0.1, -0.05) is 167 Å². The maximum atomic E-state index is 2.49. The summed E-state index contributed by atoms with van der Waals surface area (Å²) >= 11 is 0. The van der Waals surface area contributed by atoms with Crippen LogP contribution in [0, 0.1) is 0 Å². The molecule has 0 radical (unpaired) electrons. The van der Waals surface area contributed by atoms with Crippen molar-refractivity contribution in [3.63, 3.8) is 0 Å². The monoisotopic (exact) mass is 729 g/mol. The van der Waals surface area contributed by atoms with Crippen LogP contribution in [0.4, 0.5) is 17.1 Å². The summed E-state index contributed by atoms with van der Waals surface area (Å²) in [6.45, 7) is 9.56. The zero-order valence-corrected chi connectivity index (χ0v) is 32.8. The molecule has 0 fully saturated rings. The molecule has 0 unspecified atom stereocenters. The van der Waals surface area contributed by atoms with Crippen LogP contribution in [0.5, 0.6) is 0 Å². The average molecular weight is 730 g/mol. The lowest BCUT2D eigenvalue weighted by atomic mass is 9.81. The summed E-state index contributed by atoms with van der Waals surface area (Å²) in [7, 11) is 0.